The molecular weight excluding hydrogens is 322 g/mol. The molecule has 1 aliphatic rings. The first-order chi connectivity index (χ1) is 10.6. The van der Waals surface area contributed by atoms with Crippen LogP contribution in [0.2, 0.25) is 5.02 Å². The molecule has 120 valence electrons. The lowest BCUT2D eigenvalue weighted by Gasteiger charge is -2.16. The van der Waals surface area contributed by atoms with Crippen LogP contribution in [0.25, 0.3) is 0 Å². The van der Waals surface area contributed by atoms with Crippen LogP contribution < -0.4 is 0 Å². The Kier molecular flexibility index (Phi) is 6.58. The molecule has 0 aromatic heterocycles. The topological polar surface area (TPSA) is 46.6 Å². The molecule has 1 saturated heterocycles. The Morgan fingerprint density at radius 2 is 2.27 bits per heavy atom. The summed E-state index contributed by atoms with van der Waals surface area (Å²) in [5.74, 6) is 0.308. The van der Waals surface area contributed by atoms with E-state index in [1.54, 1.807) is 11.8 Å². The Bertz CT molecular complexity index is 538. The van der Waals surface area contributed by atoms with Crippen LogP contribution in [0.1, 0.15) is 18.4 Å². The zero-order valence-electron chi connectivity index (χ0n) is 12.6. The molecule has 0 unspecified atom stereocenters. The Morgan fingerprint density at radius 1 is 1.45 bits per heavy atom. The van der Waals surface area contributed by atoms with Crippen LogP contribution in [0.4, 0.5) is 0 Å². The third kappa shape index (κ3) is 5.21. The van der Waals surface area contributed by atoms with E-state index >= 15 is 0 Å². The number of thioether (sulfide) groups is 1. The van der Waals surface area contributed by atoms with Crippen LogP contribution in [0.3, 0.4) is 0 Å². The highest BCUT2D eigenvalue weighted by atomic mass is 35.5. The highest BCUT2D eigenvalue weighted by Crippen LogP contribution is 2.23. The minimum absolute atomic E-state index is 0.168. The summed E-state index contributed by atoms with van der Waals surface area (Å²) in [6.45, 7) is 1.49. The summed E-state index contributed by atoms with van der Waals surface area (Å²) in [5, 5.41) is 1.03. The molecule has 1 aromatic carbocycles. The zero-order chi connectivity index (χ0) is 15.9. The van der Waals surface area contributed by atoms with Crippen LogP contribution in [0, 0.1) is 0 Å². The minimum Gasteiger partial charge on any atom is -0.468 e. The van der Waals surface area contributed by atoms with Gasteiger partial charge in [0, 0.05) is 29.8 Å². The number of rotatable bonds is 6. The van der Waals surface area contributed by atoms with Gasteiger partial charge in [-0.25, -0.2) is 0 Å². The number of ether oxygens (including phenoxy) is 1. The summed E-state index contributed by atoms with van der Waals surface area (Å²) >= 11 is 7.51. The van der Waals surface area contributed by atoms with Gasteiger partial charge >= 0.3 is 5.97 Å². The first-order valence-electron chi connectivity index (χ1n) is 7.29. The molecule has 0 saturated carbocycles. The van der Waals surface area contributed by atoms with Crippen molar-refractivity contribution in [3.05, 3.63) is 34.9 Å². The summed E-state index contributed by atoms with van der Waals surface area (Å²) in [6.07, 6.45) is 2.13. The summed E-state index contributed by atoms with van der Waals surface area (Å²) in [7, 11) is 1.39. The van der Waals surface area contributed by atoms with Crippen LogP contribution in [-0.2, 0) is 20.7 Å². The third-order valence-corrected chi connectivity index (χ3v) is 5.17. The van der Waals surface area contributed by atoms with E-state index in [9.17, 15) is 9.59 Å². The van der Waals surface area contributed by atoms with Crippen molar-refractivity contribution in [3.63, 3.8) is 0 Å². The average molecular weight is 342 g/mol. The smallest absolute Gasteiger partial charge is 0.315 e. The average Bonchev–Trinajstić information content (AvgIpc) is 2.99. The van der Waals surface area contributed by atoms with Gasteiger partial charge in [-0.1, -0.05) is 23.7 Å². The van der Waals surface area contributed by atoms with E-state index in [1.807, 2.05) is 29.2 Å². The van der Waals surface area contributed by atoms with Crippen molar-refractivity contribution in [2.45, 2.75) is 24.5 Å². The van der Waals surface area contributed by atoms with E-state index in [2.05, 4.69) is 4.74 Å². The Morgan fingerprint density at radius 3 is 3.00 bits per heavy atom. The SMILES string of the molecule is COC(=O)CS[C@H]1CCN(C(=O)CCc2cccc(Cl)c2)C1. The Labute approximate surface area is 140 Å². The van der Waals surface area contributed by atoms with E-state index < -0.39 is 0 Å². The largest absolute Gasteiger partial charge is 0.468 e. The van der Waals surface area contributed by atoms with E-state index in [0.717, 1.165) is 25.1 Å². The maximum absolute atomic E-state index is 12.2. The van der Waals surface area contributed by atoms with Crippen LogP contribution in [0.5, 0.6) is 0 Å². The zero-order valence-corrected chi connectivity index (χ0v) is 14.2. The fourth-order valence-corrected chi connectivity index (χ4v) is 3.70. The molecule has 0 spiro atoms. The number of benzene rings is 1. The maximum Gasteiger partial charge on any atom is 0.315 e. The van der Waals surface area contributed by atoms with Gasteiger partial charge < -0.3 is 9.64 Å². The first kappa shape index (κ1) is 17.2. The molecule has 0 aliphatic carbocycles. The molecule has 1 atom stereocenters. The number of hydrogen-bond donors (Lipinski definition) is 0. The van der Waals surface area contributed by atoms with Crippen molar-refractivity contribution in [1.29, 1.82) is 0 Å². The molecule has 1 aliphatic heterocycles. The molecule has 1 heterocycles. The highest BCUT2D eigenvalue weighted by molar-refractivity contribution is 8.00. The van der Waals surface area contributed by atoms with Gasteiger partial charge in [-0.3, -0.25) is 9.59 Å². The van der Waals surface area contributed by atoms with Crippen molar-refractivity contribution >= 4 is 35.2 Å². The fraction of sp³-hybridized carbons (Fsp3) is 0.500. The van der Waals surface area contributed by atoms with Crippen molar-refractivity contribution in [2.75, 3.05) is 26.0 Å². The van der Waals surface area contributed by atoms with Crippen LogP contribution in [0.15, 0.2) is 24.3 Å². The molecule has 4 nitrogen and oxygen atoms in total. The lowest BCUT2D eigenvalue weighted by atomic mass is 10.1. The molecule has 6 heteroatoms. The molecule has 0 N–H and O–H groups in total. The number of methoxy groups -OCH3 is 1. The molecule has 0 radical (unpaired) electrons. The molecule has 22 heavy (non-hydrogen) atoms. The lowest BCUT2D eigenvalue weighted by molar-refractivity contribution is -0.137. The summed E-state index contributed by atoms with van der Waals surface area (Å²) in [5.41, 5.74) is 1.08. The highest BCUT2D eigenvalue weighted by Gasteiger charge is 2.26. The van der Waals surface area contributed by atoms with Gasteiger partial charge in [0.2, 0.25) is 5.91 Å². The van der Waals surface area contributed by atoms with Crippen LogP contribution in [-0.4, -0.2) is 48.0 Å². The molecule has 1 fully saturated rings. The summed E-state index contributed by atoms with van der Waals surface area (Å²) in [4.78, 5) is 25.3. The molecule has 0 bridgehead atoms. The number of hydrogen-bond acceptors (Lipinski definition) is 4. The molecule has 2 rings (SSSR count). The minimum atomic E-state index is -0.212. The monoisotopic (exact) mass is 341 g/mol. The number of amides is 1. The quantitative estimate of drug-likeness (QED) is 0.746. The normalized spacial score (nSPS) is 17.5. The second kappa shape index (κ2) is 8.44. The first-order valence-corrected chi connectivity index (χ1v) is 8.72. The van der Waals surface area contributed by atoms with Crippen LogP contribution >= 0.6 is 23.4 Å². The maximum atomic E-state index is 12.2. The van der Waals surface area contributed by atoms with Gasteiger partial charge in [0.1, 0.15) is 0 Å². The molecular formula is C16H20ClNO3S. The Hall–Kier alpha value is -1.20. The summed E-state index contributed by atoms with van der Waals surface area (Å²) < 4.78 is 4.63. The van der Waals surface area contributed by atoms with E-state index in [0.29, 0.717) is 28.9 Å². The number of likely N-dealkylation sites (tertiary alicyclic amines) is 1. The fourth-order valence-electron chi connectivity index (χ4n) is 2.44. The van der Waals surface area contributed by atoms with Gasteiger partial charge in [0.25, 0.3) is 0 Å². The van der Waals surface area contributed by atoms with Gasteiger partial charge in [-0.2, -0.15) is 0 Å². The van der Waals surface area contributed by atoms with Crippen molar-refractivity contribution in [2.24, 2.45) is 0 Å². The van der Waals surface area contributed by atoms with Crippen molar-refractivity contribution in [1.82, 2.24) is 4.90 Å². The Balaban J connectivity index is 1.73. The predicted octanol–water partition coefficient (Wildman–Crippen LogP) is 2.78. The predicted molar refractivity (Wildman–Crippen MR) is 89.2 cm³/mol. The molecule has 1 amide bonds. The van der Waals surface area contributed by atoms with Gasteiger partial charge in [0.05, 0.1) is 12.9 Å². The van der Waals surface area contributed by atoms with Crippen molar-refractivity contribution < 1.29 is 14.3 Å². The number of carbonyl (C=O) groups is 2. The second-order valence-electron chi connectivity index (χ2n) is 5.27. The van der Waals surface area contributed by atoms with Crippen molar-refractivity contribution in [3.8, 4) is 0 Å². The number of halogens is 1. The number of esters is 1. The van der Waals surface area contributed by atoms with E-state index in [4.69, 9.17) is 11.6 Å². The lowest BCUT2D eigenvalue weighted by Crippen LogP contribution is -2.29. The van der Waals surface area contributed by atoms with E-state index in [1.165, 1.54) is 7.11 Å². The number of aryl methyl sites for hydroxylation is 1. The van der Waals surface area contributed by atoms with Gasteiger partial charge in [-0.15, -0.1) is 11.8 Å². The van der Waals surface area contributed by atoms with E-state index in [-0.39, 0.29) is 11.9 Å². The summed E-state index contributed by atoms with van der Waals surface area (Å²) in [6, 6.07) is 7.61. The molecule has 1 aromatic rings. The third-order valence-electron chi connectivity index (χ3n) is 3.68. The standard InChI is InChI=1S/C16H20ClNO3S/c1-21-16(20)11-22-14-7-8-18(10-14)15(19)6-5-12-3-2-4-13(17)9-12/h2-4,9,14H,5-8,10-11H2,1H3/t14-/m0/s1. The number of carbonyl (C=O) groups excluding carboxylic acids is 2. The van der Waals surface area contributed by atoms with Gasteiger partial charge in [0.15, 0.2) is 0 Å². The number of nitrogens with zero attached hydrogens (tertiary/aromatic N) is 1. The van der Waals surface area contributed by atoms with Gasteiger partial charge in [-0.05, 0) is 30.5 Å². The second-order valence-corrected chi connectivity index (χ2v) is 6.99.